The Hall–Kier alpha value is -2.61. The normalized spacial score (nSPS) is 11.4. The monoisotopic (exact) mass is 303 g/mol. The first-order valence-corrected chi connectivity index (χ1v) is 7.84. The number of nitrogens with one attached hydrogen (secondary N) is 1. The highest BCUT2D eigenvalue weighted by molar-refractivity contribution is 6.05. The van der Waals surface area contributed by atoms with E-state index in [1.807, 2.05) is 60.7 Å². The van der Waals surface area contributed by atoms with Crippen molar-refractivity contribution in [3.8, 4) is 0 Å². The molecule has 1 N–H and O–H groups in total. The quantitative estimate of drug-likeness (QED) is 0.675. The first-order chi connectivity index (χ1) is 10.9. The number of fused-ring (bicyclic) bond motifs is 1. The molecule has 0 unspecified atom stereocenters. The predicted molar refractivity (Wildman–Crippen MR) is 97.0 cm³/mol. The fourth-order valence-corrected chi connectivity index (χ4v) is 2.59. The van der Waals surface area contributed by atoms with E-state index in [2.05, 4.69) is 32.2 Å². The second-order valence-corrected chi connectivity index (χ2v) is 6.84. The molecule has 0 spiro atoms. The lowest BCUT2D eigenvalue weighted by atomic mass is 9.87. The molecule has 3 aromatic carbocycles. The molecule has 23 heavy (non-hydrogen) atoms. The van der Waals surface area contributed by atoms with E-state index in [0.717, 1.165) is 11.1 Å². The summed E-state index contributed by atoms with van der Waals surface area (Å²) in [4.78, 5) is 12.4. The van der Waals surface area contributed by atoms with Gasteiger partial charge in [-0.15, -0.1) is 0 Å². The summed E-state index contributed by atoms with van der Waals surface area (Å²) in [6.45, 7) is 6.49. The van der Waals surface area contributed by atoms with Crippen molar-refractivity contribution in [2.75, 3.05) is 5.32 Å². The topological polar surface area (TPSA) is 29.1 Å². The summed E-state index contributed by atoms with van der Waals surface area (Å²) in [6.07, 6.45) is 0. The van der Waals surface area contributed by atoms with Crippen molar-refractivity contribution in [2.45, 2.75) is 26.2 Å². The van der Waals surface area contributed by atoms with Crippen LogP contribution in [0.15, 0.2) is 66.7 Å². The van der Waals surface area contributed by atoms with E-state index in [0.29, 0.717) is 5.56 Å². The summed E-state index contributed by atoms with van der Waals surface area (Å²) in [7, 11) is 0. The number of carbonyl (C=O) groups is 1. The Balaban J connectivity index is 1.80. The standard InChI is InChI=1S/C21H21NO/c1-21(2,3)18-11-8-16(9-12-18)20(23)22-19-13-10-15-6-4-5-7-17(15)14-19/h4-14H,1-3H3,(H,22,23). The zero-order valence-electron chi connectivity index (χ0n) is 13.8. The second kappa shape index (κ2) is 5.88. The van der Waals surface area contributed by atoms with E-state index >= 15 is 0 Å². The van der Waals surface area contributed by atoms with Gasteiger partial charge in [0.15, 0.2) is 0 Å². The Morgan fingerprint density at radius 1 is 0.826 bits per heavy atom. The first kappa shape index (κ1) is 15.3. The van der Waals surface area contributed by atoms with Crippen molar-refractivity contribution in [3.05, 3.63) is 77.9 Å². The maximum Gasteiger partial charge on any atom is 0.255 e. The van der Waals surface area contributed by atoms with Gasteiger partial charge in [0.25, 0.3) is 5.91 Å². The van der Waals surface area contributed by atoms with E-state index in [-0.39, 0.29) is 11.3 Å². The SMILES string of the molecule is CC(C)(C)c1ccc(C(=O)Nc2ccc3ccccc3c2)cc1. The van der Waals surface area contributed by atoms with Crippen LogP contribution in [0.1, 0.15) is 36.7 Å². The van der Waals surface area contributed by atoms with Crippen LogP contribution in [-0.4, -0.2) is 5.91 Å². The zero-order valence-corrected chi connectivity index (χ0v) is 13.8. The van der Waals surface area contributed by atoms with Gasteiger partial charge in [0.2, 0.25) is 0 Å². The third-order valence-electron chi connectivity index (χ3n) is 4.02. The third-order valence-corrected chi connectivity index (χ3v) is 4.02. The largest absolute Gasteiger partial charge is 0.322 e. The van der Waals surface area contributed by atoms with Crippen LogP contribution in [0.2, 0.25) is 0 Å². The Bertz CT molecular complexity index is 842. The van der Waals surface area contributed by atoms with Gasteiger partial charge in [-0.25, -0.2) is 0 Å². The van der Waals surface area contributed by atoms with Crippen molar-refractivity contribution in [2.24, 2.45) is 0 Å². The highest BCUT2D eigenvalue weighted by Crippen LogP contribution is 2.23. The third kappa shape index (κ3) is 3.42. The van der Waals surface area contributed by atoms with Crippen LogP contribution in [0.5, 0.6) is 0 Å². The number of hydrogen-bond donors (Lipinski definition) is 1. The van der Waals surface area contributed by atoms with Crippen LogP contribution in [0.3, 0.4) is 0 Å². The predicted octanol–water partition coefficient (Wildman–Crippen LogP) is 5.39. The number of rotatable bonds is 2. The number of hydrogen-bond acceptors (Lipinski definition) is 1. The van der Waals surface area contributed by atoms with Crippen molar-refractivity contribution in [3.63, 3.8) is 0 Å². The van der Waals surface area contributed by atoms with Crippen molar-refractivity contribution < 1.29 is 4.79 Å². The molecular weight excluding hydrogens is 282 g/mol. The summed E-state index contributed by atoms with van der Waals surface area (Å²) >= 11 is 0. The highest BCUT2D eigenvalue weighted by Gasteiger charge is 2.14. The minimum Gasteiger partial charge on any atom is -0.322 e. The van der Waals surface area contributed by atoms with Gasteiger partial charge in [0, 0.05) is 11.3 Å². The van der Waals surface area contributed by atoms with Crippen LogP contribution in [0, 0.1) is 0 Å². The van der Waals surface area contributed by atoms with Crippen LogP contribution in [0.25, 0.3) is 10.8 Å². The van der Waals surface area contributed by atoms with Crippen molar-refractivity contribution in [1.82, 2.24) is 0 Å². The van der Waals surface area contributed by atoms with Crippen LogP contribution in [-0.2, 0) is 5.41 Å². The Kier molecular flexibility index (Phi) is 3.91. The average molecular weight is 303 g/mol. The lowest BCUT2D eigenvalue weighted by molar-refractivity contribution is 0.102. The molecule has 3 aromatic rings. The molecule has 116 valence electrons. The molecule has 0 saturated carbocycles. The highest BCUT2D eigenvalue weighted by atomic mass is 16.1. The maximum absolute atomic E-state index is 12.4. The van der Waals surface area contributed by atoms with E-state index in [1.165, 1.54) is 10.9 Å². The molecule has 3 rings (SSSR count). The molecule has 0 saturated heterocycles. The summed E-state index contributed by atoms with van der Waals surface area (Å²) in [5.41, 5.74) is 2.80. The van der Waals surface area contributed by atoms with E-state index in [1.54, 1.807) is 0 Å². The average Bonchev–Trinajstić information content (AvgIpc) is 2.54. The lowest BCUT2D eigenvalue weighted by Gasteiger charge is -2.19. The molecule has 0 fully saturated rings. The van der Waals surface area contributed by atoms with Gasteiger partial charge >= 0.3 is 0 Å². The molecule has 0 aromatic heterocycles. The number of anilines is 1. The van der Waals surface area contributed by atoms with E-state index in [9.17, 15) is 4.79 Å². The molecule has 0 aliphatic heterocycles. The lowest BCUT2D eigenvalue weighted by Crippen LogP contribution is -2.14. The molecule has 1 amide bonds. The number of carbonyl (C=O) groups excluding carboxylic acids is 1. The summed E-state index contributed by atoms with van der Waals surface area (Å²) in [5.74, 6) is -0.0826. The minimum atomic E-state index is -0.0826. The molecule has 0 atom stereocenters. The molecular formula is C21H21NO. The summed E-state index contributed by atoms with van der Waals surface area (Å²) in [6, 6.07) is 21.9. The van der Waals surface area contributed by atoms with Gasteiger partial charge in [0.05, 0.1) is 0 Å². The fraction of sp³-hybridized carbons (Fsp3) is 0.190. The van der Waals surface area contributed by atoms with Crippen LogP contribution in [0.4, 0.5) is 5.69 Å². The maximum atomic E-state index is 12.4. The zero-order chi connectivity index (χ0) is 16.4. The Morgan fingerprint density at radius 2 is 1.48 bits per heavy atom. The number of amides is 1. The number of benzene rings is 3. The Morgan fingerprint density at radius 3 is 2.13 bits per heavy atom. The van der Waals surface area contributed by atoms with Crippen LogP contribution >= 0.6 is 0 Å². The van der Waals surface area contributed by atoms with Gasteiger partial charge in [-0.1, -0.05) is 63.2 Å². The minimum absolute atomic E-state index is 0.0826. The van der Waals surface area contributed by atoms with Crippen molar-refractivity contribution >= 4 is 22.4 Å². The molecule has 0 aliphatic rings. The summed E-state index contributed by atoms with van der Waals surface area (Å²) < 4.78 is 0. The molecule has 2 heteroatoms. The fourth-order valence-electron chi connectivity index (χ4n) is 2.59. The van der Waals surface area contributed by atoms with Crippen LogP contribution < -0.4 is 5.32 Å². The Labute approximate surface area is 137 Å². The summed E-state index contributed by atoms with van der Waals surface area (Å²) in [5, 5.41) is 5.26. The van der Waals surface area contributed by atoms with Gasteiger partial charge in [-0.2, -0.15) is 0 Å². The van der Waals surface area contributed by atoms with E-state index in [4.69, 9.17) is 0 Å². The first-order valence-electron chi connectivity index (χ1n) is 7.84. The second-order valence-electron chi connectivity index (χ2n) is 6.84. The molecule has 0 heterocycles. The van der Waals surface area contributed by atoms with Gasteiger partial charge in [0.1, 0.15) is 0 Å². The van der Waals surface area contributed by atoms with E-state index < -0.39 is 0 Å². The van der Waals surface area contributed by atoms with Gasteiger partial charge < -0.3 is 5.32 Å². The smallest absolute Gasteiger partial charge is 0.255 e. The molecule has 0 aliphatic carbocycles. The van der Waals surface area contributed by atoms with Crippen molar-refractivity contribution in [1.29, 1.82) is 0 Å². The molecule has 0 radical (unpaired) electrons. The molecule has 0 bridgehead atoms. The van der Waals surface area contributed by atoms with Gasteiger partial charge in [-0.3, -0.25) is 4.79 Å². The molecule has 2 nitrogen and oxygen atoms in total. The van der Waals surface area contributed by atoms with Gasteiger partial charge in [-0.05, 0) is 46.0 Å².